The molecule has 1 saturated heterocycles. The van der Waals surface area contributed by atoms with E-state index in [9.17, 15) is 14.3 Å². The lowest BCUT2D eigenvalue weighted by Gasteiger charge is -2.46. The van der Waals surface area contributed by atoms with E-state index in [0.717, 1.165) is 71.8 Å². The van der Waals surface area contributed by atoms with Gasteiger partial charge in [0.25, 0.3) is 0 Å². The summed E-state index contributed by atoms with van der Waals surface area (Å²) in [6, 6.07) is 17.6. The summed E-state index contributed by atoms with van der Waals surface area (Å²) in [5.41, 5.74) is 3.01. The number of halogens is 2. The highest BCUT2D eigenvalue weighted by atomic mass is 35.5. The molecule has 9 nitrogen and oxygen atoms in total. The molecule has 1 saturated carbocycles. The molecule has 3 aromatic carbocycles. The van der Waals surface area contributed by atoms with Gasteiger partial charge in [-0.25, -0.2) is 19.2 Å². The van der Waals surface area contributed by atoms with E-state index in [-0.39, 0.29) is 11.7 Å². The number of aliphatic carboxylic acids is 1. The van der Waals surface area contributed by atoms with Crippen LogP contribution in [0.15, 0.2) is 67.0 Å². The van der Waals surface area contributed by atoms with E-state index in [1.165, 1.54) is 29.8 Å². The summed E-state index contributed by atoms with van der Waals surface area (Å²) < 4.78 is 32.6. The third-order valence-electron chi connectivity index (χ3n) is 10.3. The second kappa shape index (κ2) is 14.7. The van der Waals surface area contributed by atoms with Gasteiger partial charge < -0.3 is 24.2 Å². The molecule has 51 heavy (non-hydrogen) atoms. The molecule has 0 amide bonds. The smallest absolute Gasteiger partial charge is 0.345 e. The summed E-state index contributed by atoms with van der Waals surface area (Å²) in [6.07, 6.45) is 2.20. The molecule has 1 unspecified atom stereocenters. The van der Waals surface area contributed by atoms with E-state index in [1.54, 1.807) is 19.2 Å². The van der Waals surface area contributed by atoms with Crippen LogP contribution in [0, 0.1) is 12.7 Å². The van der Waals surface area contributed by atoms with Crippen LogP contribution in [0.1, 0.15) is 30.4 Å². The minimum Gasteiger partial charge on any atom is -0.496 e. The zero-order valence-electron chi connectivity index (χ0n) is 28.8. The van der Waals surface area contributed by atoms with Gasteiger partial charge in [0.15, 0.2) is 0 Å². The Labute approximate surface area is 305 Å². The molecule has 0 spiro atoms. The van der Waals surface area contributed by atoms with Crippen LogP contribution in [0.2, 0.25) is 5.02 Å². The van der Waals surface area contributed by atoms with Gasteiger partial charge >= 0.3 is 5.97 Å². The van der Waals surface area contributed by atoms with Gasteiger partial charge in [0.2, 0.25) is 12.0 Å². The largest absolute Gasteiger partial charge is 0.496 e. The van der Waals surface area contributed by atoms with Crippen molar-refractivity contribution in [3.8, 4) is 38.9 Å². The molecule has 0 bridgehead atoms. The van der Waals surface area contributed by atoms with Crippen molar-refractivity contribution in [1.29, 1.82) is 0 Å². The number of benzene rings is 3. The molecular weight excluding hydrogens is 691 g/mol. The predicted molar refractivity (Wildman–Crippen MR) is 198 cm³/mol. The molecule has 3 heterocycles. The number of methoxy groups -OCH3 is 1. The predicted octanol–water partition coefficient (Wildman–Crippen LogP) is 7.71. The molecular formula is C39H40ClFN4O5S. The summed E-state index contributed by atoms with van der Waals surface area (Å²) in [7, 11) is 3.72. The molecule has 2 aliphatic rings. The Bertz CT molecular complexity index is 2050. The van der Waals surface area contributed by atoms with E-state index in [2.05, 4.69) is 26.8 Å². The number of para-hydroxylation sites is 1. The molecule has 1 aliphatic heterocycles. The topological polar surface area (TPSA) is 97.3 Å². The number of likely N-dealkylation sites (N-methyl/N-ethyl adjacent to an activating group) is 1. The molecule has 1 N–H and O–H groups in total. The summed E-state index contributed by atoms with van der Waals surface area (Å²) in [6.45, 7) is 7.29. The van der Waals surface area contributed by atoms with Crippen molar-refractivity contribution in [3.05, 3.63) is 89.0 Å². The first kappa shape index (κ1) is 35.1. The second-order valence-electron chi connectivity index (χ2n) is 13.3. The number of carboxylic acid groups (broad SMARTS) is 1. The molecule has 1 atom stereocenters. The van der Waals surface area contributed by atoms with Gasteiger partial charge in [-0.1, -0.05) is 54.4 Å². The van der Waals surface area contributed by atoms with Crippen LogP contribution < -0.4 is 14.2 Å². The number of hydrogen-bond acceptors (Lipinski definition) is 9. The van der Waals surface area contributed by atoms with Gasteiger partial charge in [0, 0.05) is 54.1 Å². The van der Waals surface area contributed by atoms with Gasteiger partial charge in [-0.15, -0.1) is 11.3 Å². The van der Waals surface area contributed by atoms with E-state index in [0.29, 0.717) is 46.2 Å². The van der Waals surface area contributed by atoms with Crippen LogP contribution in [0.5, 0.6) is 17.4 Å². The maximum absolute atomic E-state index is 14.1. The van der Waals surface area contributed by atoms with Gasteiger partial charge in [0.1, 0.15) is 35.1 Å². The normalized spacial score (nSPS) is 16.8. The lowest BCUT2D eigenvalue weighted by atomic mass is 9.60. The summed E-state index contributed by atoms with van der Waals surface area (Å²) in [5.74, 6) is -0.103. The minimum absolute atomic E-state index is 0.149. The molecule has 266 valence electrons. The van der Waals surface area contributed by atoms with Crippen LogP contribution in [0.3, 0.4) is 0 Å². The number of ether oxygens (including phenoxy) is 3. The maximum Gasteiger partial charge on any atom is 0.345 e. The number of fused-ring (bicyclic) bond motifs is 1. The lowest BCUT2D eigenvalue weighted by Crippen LogP contribution is -2.53. The number of piperazine rings is 1. The van der Waals surface area contributed by atoms with Gasteiger partial charge in [0.05, 0.1) is 17.5 Å². The zero-order chi connectivity index (χ0) is 35.7. The Kier molecular flexibility index (Phi) is 10.2. The van der Waals surface area contributed by atoms with Crippen molar-refractivity contribution in [1.82, 2.24) is 19.8 Å². The van der Waals surface area contributed by atoms with E-state index >= 15 is 0 Å². The average molecular weight is 731 g/mol. The molecule has 5 aromatic rings. The monoisotopic (exact) mass is 730 g/mol. The fourth-order valence-electron chi connectivity index (χ4n) is 7.25. The number of nitrogens with zero attached hydrogens (tertiary/aromatic N) is 4. The fourth-order valence-corrected chi connectivity index (χ4v) is 8.63. The van der Waals surface area contributed by atoms with Crippen LogP contribution in [-0.4, -0.2) is 90.4 Å². The number of rotatable bonds is 12. The van der Waals surface area contributed by atoms with E-state index in [1.807, 2.05) is 43.3 Å². The van der Waals surface area contributed by atoms with Crippen LogP contribution in [0.25, 0.3) is 31.8 Å². The lowest BCUT2D eigenvalue weighted by molar-refractivity contribution is -0.151. The number of carbonyl (C=O) groups is 1. The minimum atomic E-state index is -1.26. The third kappa shape index (κ3) is 6.75. The summed E-state index contributed by atoms with van der Waals surface area (Å²) >= 11 is 8.43. The molecule has 2 fully saturated rings. The van der Waals surface area contributed by atoms with Crippen molar-refractivity contribution >= 4 is 39.1 Å². The Morgan fingerprint density at radius 1 is 1.04 bits per heavy atom. The molecule has 1 aliphatic carbocycles. The van der Waals surface area contributed by atoms with Crippen LogP contribution >= 0.6 is 22.9 Å². The van der Waals surface area contributed by atoms with Crippen molar-refractivity contribution in [2.45, 2.75) is 37.7 Å². The number of hydrogen-bond donors (Lipinski definition) is 1. The number of carboxylic acids is 1. The zero-order valence-corrected chi connectivity index (χ0v) is 30.4. The highest BCUT2D eigenvalue weighted by Gasteiger charge is 2.52. The molecule has 0 radical (unpaired) electrons. The first-order chi connectivity index (χ1) is 24.7. The Morgan fingerprint density at radius 3 is 2.47 bits per heavy atom. The standard InChI is InChI=1S/C39H40ClFN4O5S/c1-24-27(13-14-30(33(24)40)49-22-21-45-19-17-44(2)18-20-45)31-32-36(42-23-43-37(32)51-34(31)25-9-11-26(41)12-10-25)50-35(38(46)47)39(15-6-16-39)28-7-4-5-8-29(28)48-3/h4-5,7-14,23,35H,6,15-22H2,1-3H3,(H,46,47). The Balaban J connectivity index is 1.30. The molecule has 12 heteroatoms. The van der Waals surface area contributed by atoms with Gasteiger partial charge in [-0.2, -0.15) is 0 Å². The summed E-state index contributed by atoms with van der Waals surface area (Å²) in [4.78, 5) is 28.4. The summed E-state index contributed by atoms with van der Waals surface area (Å²) in [5, 5.41) is 11.8. The average Bonchev–Trinajstić information content (AvgIpc) is 3.50. The number of aromatic nitrogens is 2. The SMILES string of the molecule is COc1ccccc1C1(C(Oc2ncnc3sc(-c4ccc(F)cc4)c(-c4ccc(OCCN5CCN(C)CC5)c(Cl)c4C)c23)C(=O)O)CCC1. The first-order valence-electron chi connectivity index (χ1n) is 17.1. The van der Waals surface area contributed by atoms with Crippen molar-refractivity contribution in [3.63, 3.8) is 0 Å². The highest BCUT2D eigenvalue weighted by molar-refractivity contribution is 7.22. The fraction of sp³-hybridized carbons (Fsp3) is 0.359. The van der Waals surface area contributed by atoms with Crippen LogP contribution in [-0.2, 0) is 10.2 Å². The van der Waals surface area contributed by atoms with Gasteiger partial charge in [-0.3, -0.25) is 4.90 Å². The highest BCUT2D eigenvalue weighted by Crippen LogP contribution is 2.53. The first-order valence-corrected chi connectivity index (χ1v) is 18.3. The van der Waals surface area contributed by atoms with Gasteiger partial charge in [-0.05, 0) is 67.8 Å². The quantitative estimate of drug-likeness (QED) is 0.138. The molecule has 2 aromatic heterocycles. The second-order valence-corrected chi connectivity index (χ2v) is 14.6. The van der Waals surface area contributed by atoms with Crippen molar-refractivity contribution in [2.75, 3.05) is 53.5 Å². The molecule has 7 rings (SSSR count). The third-order valence-corrected chi connectivity index (χ3v) is 11.9. The van der Waals surface area contributed by atoms with Crippen molar-refractivity contribution in [2.24, 2.45) is 0 Å². The maximum atomic E-state index is 14.1. The Hall–Kier alpha value is -4.29. The Morgan fingerprint density at radius 2 is 1.78 bits per heavy atom. The number of thiophene rings is 1. The van der Waals surface area contributed by atoms with Crippen molar-refractivity contribution < 1.29 is 28.5 Å². The van der Waals surface area contributed by atoms with E-state index in [4.69, 9.17) is 25.8 Å². The van der Waals surface area contributed by atoms with E-state index < -0.39 is 17.5 Å². The van der Waals surface area contributed by atoms with Crippen LogP contribution in [0.4, 0.5) is 4.39 Å².